The second kappa shape index (κ2) is 7.08. The molecule has 0 fully saturated rings. The van der Waals surface area contributed by atoms with Crippen LogP contribution in [0.2, 0.25) is 0 Å². The van der Waals surface area contributed by atoms with Gasteiger partial charge in [0.2, 0.25) is 11.0 Å². The Hall–Kier alpha value is -2.64. The van der Waals surface area contributed by atoms with Crippen LogP contribution in [0, 0.1) is 0 Å². The fraction of sp³-hybridized carbons (Fsp3) is 0.125. The van der Waals surface area contributed by atoms with Gasteiger partial charge in [0.05, 0.1) is 6.04 Å². The van der Waals surface area contributed by atoms with Crippen LogP contribution in [-0.2, 0) is 11.2 Å². The molecule has 1 aromatic carbocycles. The third kappa shape index (κ3) is 3.97. The van der Waals surface area contributed by atoms with E-state index in [1.165, 1.54) is 11.3 Å². The molecule has 7 heteroatoms. The van der Waals surface area contributed by atoms with E-state index in [1.807, 2.05) is 42.5 Å². The van der Waals surface area contributed by atoms with Crippen molar-refractivity contribution in [1.29, 1.82) is 0 Å². The number of benzene rings is 1. The summed E-state index contributed by atoms with van der Waals surface area (Å²) in [6, 6.07) is 12.7. The fourth-order valence-electron chi connectivity index (χ4n) is 2.04. The van der Waals surface area contributed by atoms with Crippen LogP contribution in [0.15, 0.2) is 54.9 Å². The lowest BCUT2D eigenvalue weighted by molar-refractivity contribution is -0.117. The van der Waals surface area contributed by atoms with Crippen LogP contribution in [0.3, 0.4) is 0 Å². The number of pyridine rings is 1. The Morgan fingerprint density at radius 3 is 2.61 bits per heavy atom. The van der Waals surface area contributed by atoms with Gasteiger partial charge in [-0.05, 0) is 24.1 Å². The van der Waals surface area contributed by atoms with Crippen molar-refractivity contribution < 1.29 is 4.79 Å². The Morgan fingerprint density at radius 2 is 1.87 bits per heavy atom. The third-order valence-corrected chi connectivity index (χ3v) is 4.11. The summed E-state index contributed by atoms with van der Waals surface area (Å²) in [5.74, 6) is -0.272. The molecule has 2 aromatic heterocycles. The second-order valence-corrected chi connectivity index (χ2v) is 5.91. The largest absolute Gasteiger partial charge is 0.320 e. The van der Waals surface area contributed by atoms with Crippen molar-refractivity contribution in [3.63, 3.8) is 0 Å². The van der Waals surface area contributed by atoms with Crippen molar-refractivity contribution in [2.45, 2.75) is 12.5 Å². The number of anilines is 1. The van der Waals surface area contributed by atoms with Crippen LogP contribution >= 0.6 is 11.3 Å². The quantitative estimate of drug-likeness (QED) is 0.749. The number of amides is 1. The minimum atomic E-state index is -0.634. The Balaban J connectivity index is 1.63. The average molecular weight is 325 g/mol. The average Bonchev–Trinajstić information content (AvgIpc) is 3.05. The topological polar surface area (TPSA) is 93.8 Å². The molecule has 2 heterocycles. The summed E-state index contributed by atoms with van der Waals surface area (Å²) in [5.41, 5.74) is 7.88. The van der Waals surface area contributed by atoms with Crippen molar-refractivity contribution in [2.24, 2.45) is 5.73 Å². The predicted molar refractivity (Wildman–Crippen MR) is 89.9 cm³/mol. The monoisotopic (exact) mass is 325 g/mol. The van der Waals surface area contributed by atoms with Crippen LogP contribution in [0.5, 0.6) is 0 Å². The van der Waals surface area contributed by atoms with E-state index in [2.05, 4.69) is 20.5 Å². The number of carbonyl (C=O) groups is 1. The van der Waals surface area contributed by atoms with E-state index in [1.54, 1.807) is 12.4 Å². The molecular weight excluding hydrogens is 310 g/mol. The minimum absolute atomic E-state index is 0.272. The SMILES string of the molecule is NC(Cc1ccccc1)C(=O)Nc1nnc(-c2ccncc2)s1. The first kappa shape index (κ1) is 15.3. The minimum Gasteiger partial charge on any atom is -0.320 e. The lowest BCUT2D eigenvalue weighted by Gasteiger charge is -2.10. The number of nitrogens with one attached hydrogen (secondary N) is 1. The molecule has 3 N–H and O–H groups in total. The molecule has 0 aliphatic rings. The summed E-state index contributed by atoms with van der Waals surface area (Å²) in [5, 5.41) is 11.9. The number of hydrogen-bond donors (Lipinski definition) is 2. The molecule has 1 unspecified atom stereocenters. The Kier molecular flexibility index (Phi) is 4.70. The van der Waals surface area contributed by atoms with Gasteiger partial charge in [0.25, 0.3) is 0 Å². The molecule has 1 amide bonds. The van der Waals surface area contributed by atoms with Gasteiger partial charge < -0.3 is 5.73 Å². The smallest absolute Gasteiger partial charge is 0.243 e. The number of carbonyl (C=O) groups excluding carboxylic acids is 1. The van der Waals surface area contributed by atoms with E-state index in [0.29, 0.717) is 11.6 Å². The van der Waals surface area contributed by atoms with Gasteiger partial charge in [-0.1, -0.05) is 41.7 Å². The normalized spacial score (nSPS) is 11.9. The van der Waals surface area contributed by atoms with E-state index in [0.717, 1.165) is 16.1 Å². The number of nitrogens with zero attached hydrogens (tertiary/aromatic N) is 3. The number of nitrogens with two attached hydrogens (primary N) is 1. The van der Waals surface area contributed by atoms with Gasteiger partial charge >= 0.3 is 0 Å². The Morgan fingerprint density at radius 1 is 1.13 bits per heavy atom. The molecule has 0 aliphatic carbocycles. The lowest BCUT2D eigenvalue weighted by atomic mass is 10.1. The standard InChI is InChI=1S/C16H15N5OS/c17-13(10-11-4-2-1-3-5-11)14(22)19-16-21-20-15(23-16)12-6-8-18-9-7-12/h1-9,13H,10,17H2,(H,19,21,22). The van der Waals surface area contributed by atoms with Crippen molar-refractivity contribution in [3.8, 4) is 10.6 Å². The summed E-state index contributed by atoms with van der Waals surface area (Å²) in [4.78, 5) is 16.1. The summed E-state index contributed by atoms with van der Waals surface area (Å²) >= 11 is 1.30. The summed E-state index contributed by atoms with van der Waals surface area (Å²) in [6.45, 7) is 0. The van der Waals surface area contributed by atoms with Crippen molar-refractivity contribution in [3.05, 3.63) is 60.4 Å². The van der Waals surface area contributed by atoms with Gasteiger partial charge in [-0.15, -0.1) is 10.2 Å². The molecule has 1 atom stereocenters. The van der Waals surface area contributed by atoms with Crippen LogP contribution < -0.4 is 11.1 Å². The summed E-state index contributed by atoms with van der Waals surface area (Å²) < 4.78 is 0. The summed E-state index contributed by atoms with van der Waals surface area (Å²) in [6.07, 6.45) is 3.85. The first-order chi connectivity index (χ1) is 11.2. The third-order valence-electron chi connectivity index (χ3n) is 3.22. The van der Waals surface area contributed by atoms with E-state index >= 15 is 0 Å². The molecule has 0 saturated heterocycles. The molecule has 0 radical (unpaired) electrons. The zero-order chi connectivity index (χ0) is 16.1. The predicted octanol–water partition coefficient (Wildman–Crippen LogP) is 2.11. The number of rotatable bonds is 5. The zero-order valence-corrected chi connectivity index (χ0v) is 13.0. The molecule has 6 nitrogen and oxygen atoms in total. The highest BCUT2D eigenvalue weighted by molar-refractivity contribution is 7.18. The second-order valence-electron chi connectivity index (χ2n) is 4.93. The summed E-state index contributed by atoms with van der Waals surface area (Å²) in [7, 11) is 0. The van der Waals surface area contributed by atoms with Crippen molar-refractivity contribution in [1.82, 2.24) is 15.2 Å². The van der Waals surface area contributed by atoms with E-state index in [4.69, 9.17) is 5.73 Å². The molecule has 116 valence electrons. The van der Waals surface area contributed by atoms with Gasteiger partial charge in [0, 0.05) is 18.0 Å². The lowest BCUT2D eigenvalue weighted by Crippen LogP contribution is -2.37. The first-order valence-electron chi connectivity index (χ1n) is 7.06. The molecule has 23 heavy (non-hydrogen) atoms. The number of hydrogen-bond acceptors (Lipinski definition) is 6. The highest BCUT2D eigenvalue weighted by Crippen LogP contribution is 2.25. The molecule has 0 saturated carbocycles. The van der Waals surface area contributed by atoms with Gasteiger partial charge in [0.1, 0.15) is 5.01 Å². The first-order valence-corrected chi connectivity index (χ1v) is 7.88. The number of aromatic nitrogens is 3. The Labute approximate surface area is 137 Å². The van der Waals surface area contributed by atoms with Crippen LogP contribution in [0.4, 0.5) is 5.13 Å². The van der Waals surface area contributed by atoms with Crippen molar-refractivity contribution >= 4 is 22.4 Å². The van der Waals surface area contributed by atoms with Crippen LogP contribution in [-0.4, -0.2) is 27.1 Å². The molecule has 0 spiro atoms. The van der Waals surface area contributed by atoms with E-state index in [9.17, 15) is 4.79 Å². The van der Waals surface area contributed by atoms with Gasteiger partial charge in [-0.3, -0.25) is 15.1 Å². The van der Waals surface area contributed by atoms with Crippen LogP contribution in [0.25, 0.3) is 10.6 Å². The molecule has 0 bridgehead atoms. The maximum atomic E-state index is 12.2. The van der Waals surface area contributed by atoms with E-state index < -0.39 is 6.04 Å². The highest BCUT2D eigenvalue weighted by atomic mass is 32.1. The Bertz CT molecular complexity index is 775. The maximum Gasteiger partial charge on any atom is 0.243 e. The van der Waals surface area contributed by atoms with Gasteiger partial charge in [0.15, 0.2) is 0 Å². The zero-order valence-electron chi connectivity index (χ0n) is 12.2. The maximum absolute atomic E-state index is 12.2. The van der Waals surface area contributed by atoms with Gasteiger partial charge in [-0.2, -0.15) is 0 Å². The van der Waals surface area contributed by atoms with Crippen molar-refractivity contribution in [2.75, 3.05) is 5.32 Å². The molecule has 0 aliphatic heterocycles. The van der Waals surface area contributed by atoms with Gasteiger partial charge in [-0.25, -0.2) is 0 Å². The molecular formula is C16H15N5OS. The highest BCUT2D eigenvalue weighted by Gasteiger charge is 2.16. The fourth-order valence-corrected chi connectivity index (χ4v) is 2.80. The van der Waals surface area contributed by atoms with Crippen LogP contribution in [0.1, 0.15) is 5.56 Å². The molecule has 3 aromatic rings. The van der Waals surface area contributed by atoms with E-state index in [-0.39, 0.29) is 5.91 Å². The molecule has 3 rings (SSSR count).